The molecule has 0 saturated carbocycles. The van der Waals surface area contributed by atoms with Gasteiger partial charge in [-0.05, 0) is 42.8 Å². The van der Waals surface area contributed by atoms with Gasteiger partial charge in [0.1, 0.15) is 17.2 Å². The first-order valence-electron chi connectivity index (χ1n) is 12.1. The summed E-state index contributed by atoms with van der Waals surface area (Å²) in [5, 5.41) is 8.73. The van der Waals surface area contributed by atoms with E-state index in [0.717, 1.165) is 50.1 Å². The Bertz CT molecular complexity index is 1610. The molecule has 0 radical (unpaired) electrons. The maximum Gasteiger partial charge on any atom is 0.240 e. The molecule has 3 heterocycles. The van der Waals surface area contributed by atoms with Gasteiger partial charge in [0.25, 0.3) is 0 Å². The molecule has 6 rings (SSSR count). The van der Waals surface area contributed by atoms with Crippen molar-refractivity contribution in [2.75, 3.05) is 0 Å². The number of aromatic nitrogens is 3. The summed E-state index contributed by atoms with van der Waals surface area (Å²) in [6.45, 7) is 2.67. The number of fused-ring (bicyclic) bond motifs is 3. The van der Waals surface area contributed by atoms with E-state index in [1.54, 1.807) is 0 Å². The van der Waals surface area contributed by atoms with Crippen LogP contribution in [0, 0.1) is 0 Å². The van der Waals surface area contributed by atoms with Gasteiger partial charge in [-0.25, -0.2) is 4.98 Å². The van der Waals surface area contributed by atoms with Crippen LogP contribution in [-0.2, 0) is 24.3 Å². The predicted octanol–water partition coefficient (Wildman–Crippen LogP) is 5.20. The molecule has 4 N–H and O–H groups in total. The Morgan fingerprint density at radius 3 is 2.61 bits per heavy atom. The molecule has 0 spiro atoms. The minimum atomic E-state index is -0.893. The standard InChI is InChI=1S/C29H27N5O2/c1-29(15-20-16-30-23-10-4-3-9-22(20)23,32-17-21-14-19-8-2-7-13-26(19)36-21)28(35)31-18-27-33-24-11-5-6-12-25(24)34-27/h2-14,16,30,32H,15,17-18H2,1H3,(H,31,35)(H,33,34). The fourth-order valence-electron chi connectivity index (χ4n) is 4.74. The van der Waals surface area contributed by atoms with E-state index < -0.39 is 5.54 Å². The van der Waals surface area contributed by atoms with E-state index >= 15 is 0 Å². The third kappa shape index (κ3) is 4.25. The molecule has 3 aromatic heterocycles. The normalized spacial score (nSPS) is 13.4. The number of furan rings is 1. The van der Waals surface area contributed by atoms with Crippen LogP contribution in [0.1, 0.15) is 24.1 Å². The van der Waals surface area contributed by atoms with Crippen LogP contribution in [0.3, 0.4) is 0 Å². The summed E-state index contributed by atoms with van der Waals surface area (Å²) >= 11 is 0. The zero-order valence-corrected chi connectivity index (χ0v) is 20.0. The van der Waals surface area contributed by atoms with Gasteiger partial charge in [-0.1, -0.05) is 48.5 Å². The number of H-pyrrole nitrogens is 2. The average molecular weight is 478 g/mol. The number of nitrogens with zero attached hydrogens (tertiary/aromatic N) is 1. The van der Waals surface area contributed by atoms with E-state index in [0.29, 0.717) is 19.5 Å². The average Bonchev–Trinajstić information content (AvgIpc) is 3.62. The van der Waals surface area contributed by atoms with Crippen molar-refractivity contribution >= 4 is 38.8 Å². The first-order chi connectivity index (χ1) is 17.6. The number of carbonyl (C=O) groups is 1. The molecule has 1 atom stereocenters. The van der Waals surface area contributed by atoms with Crippen LogP contribution in [0.25, 0.3) is 32.9 Å². The number of imidazole rings is 1. The van der Waals surface area contributed by atoms with Crippen molar-refractivity contribution in [2.45, 2.75) is 32.0 Å². The van der Waals surface area contributed by atoms with Gasteiger partial charge in [-0.3, -0.25) is 10.1 Å². The Morgan fingerprint density at radius 1 is 0.972 bits per heavy atom. The number of amides is 1. The third-order valence-electron chi connectivity index (χ3n) is 6.70. The lowest BCUT2D eigenvalue weighted by molar-refractivity contribution is -0.127. The molecule has 1 unspecified atom stereocenters. The Kier molecular flexibility index (Phi) is 5.54. The number of rotatable bonds is 8. The molecule has 6 aromatic rings. The predicted molar refractivity (Wildman–Crippen MR) is 141 cm³/mol. The van der Waals surface area contributed by atoms with Gasteiger partial charge < -0.3 is 19.7 Å². The van der Waals surface area contributed by atoms with E-state index in [1.807, 2.05) is 85.9 Å². The minimum Gasteiger partial charge on any atom is -0.460 e. The molecule has 36 heavy (non-hydrogen) atoms. The van der Waals surface area contributed by atoms with Gasteiger partial charge in [0.15, 0.2) is 0 Å². The molecule has 0 aliphatic heterocycles. The van der Waals surface area contributed by atoms with Gasteiger partial charge in [0, 0.05) is 28.9 Å². The Labute approximate surface area is 207 Å². The molecule has 0 aliphatic carbocycles. The van der Waals surface area contributed by atoms with E-state index in [1.165, 1.54) is 0 Å². The number of hydrogen-bond donors (Lipinski definition) is 4. The van der Waals surface area contributed by atoms with E-state index in [2.05, 4.69) is 31.7 Å². The fraction of sp³-hybridized carbons (Fsp3) is 0.172. The minimum absolute atomic E-state index is 0.107. The molecule has 0 aliphatic rings. The number of carbonyl (C=O) groups excluding carboxylic acids is 1. The molecule has 180 valence electrons. The maximum absolute atomic E-state index is 13.7. The SMILES string of the molecule is CC(Cc1c[nH]c2ccccc12)(NCc1cc2ccccc2o1)C(=O)NCc1nc2ccccc2[nH]1. The second-order valence-corrected chi connectivity index (χ2v) is 9.36. The summed E-state index contributed by atoms with van der Waals surface area (Å²) in [6.07, 6.45) is 2.49. The maximum atomic E-state index is 13.7. The molecular formula is C29H27N5O2. The highest BCUT2D eigenvalue weighted by Crippen LogP contribution is 2.24. The summed E-state index contributed by atoms with van der Waals surface area (Å²) in [7, 11) is 0. The van der Waals surface area contributed by atoms with Gasteiger partial charge in [-0.15, -0.1) is 0 Å². The van der Waals surface area contributed by atoms with Gasteiger partial charge in [-0.2, -0.15) is 0 Å². The number of nitrogens with one attached hydrogen (secondary N) is 4. The van der Waals surface area contributed by atoms with Crippen LogP contribution < -0.4 is 10.6 Å². The zero-order chi connectivity index (χ0) is 24.5. The highest BCUT2D eigenvalue weighted by Gasteiger charge is 2.34. The van der Waals surface area contributed by atoms with Crippen LogP contribution in [0.15, 0.2) is 89.5 Å². The summed E-state index contributed by atoms with van der Waals surface area (Å²) < 4.78 is 6.00. The second-order valence-electron chi connectivity index (χ2n) is 9.36. The number of aromatic amines is 2. The second kappa shape index (κ2) is 9.02. The summed E-state index contributed by atoms with van der Waals surface area (Å²) in [6, 6.07) is 25.9. The molecule has 1 amide bonds. The fourth-order valence-corrected chi connectivity index (χ4v) is 4.74. The molecule has 7 heteroatoms. The Balaban J connectivity index is 1.25. The van der Waals surface area contributed by atoms with Crippen LogP contribution in [0.2, 0.25) is 0 Å². The zero-order valence-electron chi connectivity index (χ0n) is 20.0. The highest BCUT2D eigenvalue weighted by atomic mass is 16.3. The van der Waals surface area contributed by atoms with Crippen molar-refractivity contribution in [2.24, 2.45) is 0 Å². The first kappa shape index (κ1) is 22.1. The lowest BCUT2D eigenvalue weighted by Crippen LogP contribution is -2.55. The van der Waals surface area contributed by atoms with E-state index in [4.69, 9.17) is 4.42 Å². The Hall–Kier alpha value is -4.36. The third-order valence-corrected chi connectivity index (χ3v) is 6.70. The molecule has 0 saturated heterocycles. The molecule has 3 aromatic carbocycles. The highest BCUT2D eigenvalue weighted by molar-refractivity contribution is 5.89. The van der Waals surface area contributed by atoms with Gasteiger partial charge >= 0.3 is 0 Å². The van der Waals surface area contributed by atoms with Crippen molar-refractivity contribution in [3.05, 3.63) is 102 Å². The van der Waals surface area contributed by atoms with Gasteiger partial charge in [0.05, 0.1) is 29.7 Å². The van der Waals surface area contributed by atoms with Crippen molar-refractivity contribution in [1.82, 2.24) is 25.6 Å². The molecule has 7 nitrogen and oxygen atoms in total. The lowest BCUT2D eigenvalue weighted by Gasteiger charge is -2.29. The van der Waals surface area contributed by atoms with Crippen molar-refractivity contribution in [3.8, 4) is 0 Å². The van der Waals surface area contributed by atoms with Crippen molar-refractivity contribution < 1.29 is 9.21 Å². The molecule has 0 bridgehead atoms. The van der Waals surface area contributed by atoms with Crippen molar-refractivity contribution in [1.29, 1.82) is 0 Å². The van der Waals surface area contributed by atoms with Crippen LogP contribution in [0.5, 0.6) is 0 Å². The van der Waals surface area contributed by atoms with Crippen LogP contribution in [-0.4, -0.2) is 26.4 Å². The Morgan fingerprint density at radius 2 is 1.75 bits per heavy atom. The van der Waals surface area contributed by atoms with E-state index in [-0.39, 0.29) is 5.91 Å². The quantitative estimate of drug-likeness (QED) is 0.242. The van der Waals surface area contributed by atoms with Crippen LogP contribution in [0.4, 0.5) is 0 Å². The van der Waals surface area contributed by atoms with Crippen LogP contribution >= 0.6 is 0 Å². The summed E-state index contributed by atoms with van der Waals surface area (Å²) in [5.74, 6) is 1.40. The topological polar surface area (TPSA) is 98.7 Å². The number of hydrogen-bond acceptors (Lipinski definition) is 4. The number of benzene rings is 3. The van der Waals surface area contributed by atoms with E-state index in [9.17, 15) is 4.79 Å². The lowest BCUT2D eigenvalue weighted by atomic mass is 9.91. The smallest absolute Gasteiger partial charge is 0.240 e. The monoisotopic (exact) mass is 477 g/mol. The molecule has 0 fully saturated rings. The largest absolute Gasteiger partial charge is 0.460 e. The summed E-state index contributed by atoms with van der Waals surface area (Å²) in [4.78, 5) is 24.8. The molecular weight excluding hydrogens is 450 g/mol. The van der Waals surface area contributed by atoms with Crippen molar-refractivity contribution in [3.63, 3.8) is 0 Å². The summed E-state index contributed by atoms with van der Waals surface area (Å²) in [5.41, 5.74) is 3.90. The first-order valence-corrected chi connectivity index (χ1v) is 12.1. The number of para-hydroxylation sites is 4. The van der Waals surface area contributed by atoms with Gasteiger partial charge in [0.2, 0.25) is 5.91 Å².